The molecule has 4 nitrogen and oxygen atoms in total. The van der Waals surface area contributed by atoms with Gasteiger partial charge in [-0.3, -0.25) is 9.59 Å². The van der Waals surface area contributed by atoms with E-state index in [9.17, 15) is 9.59 Å². The molecule has 1 aromatic carbocycles. The van der Waals surface area contributed by atoms with Crippen molar-refractivity contribution in [1.29, 1.82) is 0 Å². The average Bonchev–Trinajstić information content (AvgIpc) is 2.50. The Kier molecular flexibility index (Phi) is 4.25. The van der Waals surface area contributed by atoms with E-state index in [0.717, 1.165) is 10.6 Å². The molecule has 0 saturated heterocycles. The van der Waals surface area contributed by atoms with Gasteiger partial charge in [-0.25, -0.2) is 0 Å². The average molecular weight is 265 g/mol. The number of ether oxygens (including phenoxy) is 1. The summed E-state index contributed by atoms with van der Waals surface area (Å²) in [4.78, 5) is 24.5. The summed E-state index contributed by atoms with van der Waals surface area (Å²) in [6.07, 6.45) is 0.140. The Hall–Kier alpha value is -1.49. The summed E-state index contributed by atoms with van der Waals surface area (Å²) in [5, 5.41) is 2.85. The van der Waals surface area contributed by atoms with E-state index in [0.29, 0.717) is 12.4 Å². The van der Waals surface area contributed by atoms with E-state index in [-0.39, 0.29) is 24.2 Å². The molecule has 2 rings (SSSR count). The van der Waals surface area contributed by atoms with Crippen LogP contribution >= 0.6 is 11.8 Å². The lowest BCUT2D eigenvalue weighted by Crippen LogP contribution is -2.26. The summed E-state index contributed by atoms with van der Waals surface area (Å²) < 4.78 is 4.88. The second kappa shape index (κ2) is 5.91. The van der Waals surface area contributed by atoms with Crippen LogP contribution in [0, 0.1) is 5.92 Å². The van der Waals surface area contributed by atoms with Crippen LogP contribution in [0.2, 0.25) is 0 Å². The van der Waals surface area contributed by atoms with Gasteiger partial charge in [-0.2, -0.15) is 0 Å². The molecule has 0 aromatic heterocycles. The van der Waals surface area contributed by atoms with Gasteiger partial charge in [0, 0.05) is 10.6 Å². The van der Waals surface area contributed by atoms with Crippen molar-refractivity contribution in [3.63, 3.8) is 0 Å². The molecule has 1 N–H and O–H groups in total. The molecule has 1 aromatic rings. The highest BCUT2D eigenvalue weighted by molar-refractivity contribution is 7.99. The molecule has 1 unspecified atom stereocenters. The van der Waals surface area contributed by atoms with Gasteiger partial charge in [0.05, 0.1) is 24.6 Å². The molecule has 0 aliphatic carbocycles. The van der Waals surface area contributed by atoms with Crippen molar-refractivity contribution in [2.45, 2.75) is 18.2 Å². The Morgan fingerprint density at radius 1 is 1.50 bits per heavy atom. The first-order chi connectivity index (χ1) is 8.70. The van der Waals surface area contributed by atoms with Gasteiger partial charge in [0.15, 0.2) is 0 Å². The number of anilines is 1. The SMILES string of the molecule is CCOC(=O)CC1CSc2ccccc2NC1=O. The standard InChI is InChI=1S/C13H15NO3S/c1-2-17-12(15)7-9-8-18-11-6-4-3-5-10(11)14-13(9)16/h3-6,9H,2,7-8H2,1H3,(H,14,16). The molecule has 0 saturated carbocycles. The number of hydrogen-bond donors (Lipinski definition) is 1. The first-order valence-corrected chi connectivity index (χ1v) is 6.87. The van der Waals surface area contributed by atoms with Crippen molar-refractivity contribution in [2.75, 3.05) is 17.7 Å². The van der Waals surface area contributed by atoms with Gasteiger partial charge < -0.3 is 10.1 Å². The number of para-hydroxylation sites is 1. The molecule has 1 amide bonds. The third-order valence-corrected chi connectivity index (χ3v) is 3.91. The summed E-state index contributed by atoms with van der Waals surface area (Å²) >= 11 is 1.59. The zero-order chi connectivity index (χ0) is 13.0. The molecular weight excluding hydrogens is 250 g/mol. The van der Waals surface area contributed by atoms with E-state index in [4.69, 9.17) is 4.74 Å². The maximum atomic E-state index is 12.0. The number of carbonyl (C=O) groups is 2. The molecule has 18 heavy (non-hydrogen) atoms. The summed E-state index contributed by atoms with van der Waals surface area (Å²) in [6.45, 7) is 2.11. The number of fused-ring (bicyclic) bond motifs is 1. The van der Waals surface area contributed by atoms with Gasteiger partial charge in [0.2, 0.25) is 5.91 Å². The lowest BCUT2D eigenvalue weighted by Gasteiger charge is -2.11. The lowest BCUT2D eigenvalue weighted by atomic mass is 10.1. The van der Waals surface area contributed by atoms with Crippen LogP contribution in [0.4, 0.5) is 5.69 Å². The monoisotopic (exact) mass is 265 g/mol. The maximum Gasteiger partial charge on any atom is 0.306 e. The smallest absolute Gasteiger partial charge is 0.306 e. The summed E-state index contributed by atoms with van der Waals surface area (Å²) in [5.74, 6) is -0.159. The van der Waals surface area contributed by atoms with Gasteiger partial charge in [0.25, 0.3) is 0 Å². The van der Waals surface area contributed by atoms with E-state index >= 15 is 0 Å². The second-order valence-electron chi connectivity index (χ2n) is 4.00. The van der Waals surface area contributed by atoms with Crippen LogP contribution in [0.1, 0.15) is 13.3 Å². The molecule has 0 bridgehead atoms. The van der Waals surface area contributed by atoms with Crippen LogP contribution < -0.4 is 5.32 Å². The summed E-state index contributed by atoms with van der Waals surface area (Å²) in [7, 11) is 0. The maximum absolute atomic E-state index is 12.0. The van der Waals surface area contributed by atoms with Gasteiger partial charge in [-0.05, 0) is 19.1 Å². The van der Waals surface area contributed by atoms with E-state index in [1.807, 2.05) is 24.3 Å². The fourth-order valence-electron chi connectivity index (χ4n) is 1.77. The zero-order valence-corrected chi connectivity index (χ0v) is 11.0. The van der Waals surface area contributed by atoms with Crippen molar-refractivity contribution < 1.29 is 14.3 Å². The van der Waals surface area contributed by atoms with Crippen LogP contribution in [-0.4, -0.2) is 24.2 Å². The number of carbonyl (C=O) groups excluding carboxylic acids is 2. The van der Waals surface area contributed by atoms with Crippen molar-refractivity contribution in [2.24, 2.45) is 5.92 Å². The predicted molar refractivity (Wildman–Crippen MR) is 70.5 cm³/mol. The molecule has 0 radical (unpaired) electrons. The topological polar surface area (TPSA) is 55.4 Å². The molecule has 1 atom stereocenters. The number of hydrogen-bond acceptors (Lipinski definition) is 4. The van der Waals surface area contributed by atoms with E-state index in [1.54, 1.807) is 18.7 Å². The van der Waals surface area contributed by atoms with Crippen LogP contribution in [-0.2, 0) is 14.3 Å². The Morgan fingerprint density at radius 3 is 3.06 bits per heavy atom. The van der Waals surface area contributed by atoms with Gasteiger partial charge in [-0.1, -0.05) is 12.1 Å². The normalized spacial score (nSPS) is 18.5. The third-order valence-electron chi connectivity index (χ3n) is 2.67. The molecule has 1 aliphatic rings. The number of thioether (sulfide) groups is 1. The summed E-state index contributed by atoms with van der Waals surface area (Å²) in [5.41, 5.74) is 0.818. The molecule has 0 fully saturated rings. The Morgan fingerprint density at radius 2 is 2.28 bits per heavy atom. The van der Waals surface area contributed by atoms with Crippen molar-refractivity contribution >= 4 is 29.3 Å². The fraction of sp³-hybridized carbons (Fsp3) is 0.385. The summed E-state index contributed by atoms with van der Waals surface area (Å²) in [6, 6.07) is 7.65. The Labute approximate surface area is 110 Å². The Balaban J connectivity index is 2.05. The number of esters is 1. The molecule has 1 heterocycles. The van der Waals surface area contributed by atoms with Crippen molar-refractivity contribution in [3.8, 4) is 0 Å². The first-order valence-electron chi connectivity index (χ1n) is 5.89. The third kappa shape index (κ3) is 3.04. The van der Waals surface area contributed by atoms with Gasteiger partial charge in [0.1, 0.15) is 0 Å². The molecule has 96 valence electrons. The highest BCUT2D eigenvalue weighted by atomic mass is 32.2. The minimum absolute atomic E-state index is 0.111. The predicted octanol–water partition coefficient (Wildman–Crippen LogP) is 2.30. The number of rotatable bonds is 3. The second-order valence-corrected chi connectivity index (χ2v) is 5.06. The highest BCUT2D eigenvalue weighted by Crippen LogP contribution is 2.33. The highest BCUT2D eigenvalue weighted by Gasteiger charge is 2.26. The minimum atomic E-state index is -0.332. The van der Waals surface area contributed by atoms with Crippen LogP contribution in [0.3, 0.4) is 0 Å². The molecule has 1 aliphatic heterocycles. The lowest BCUT2D eigenvalue weighted by molar-refractivity contribution is -0.145. The fourth-order valence-corrected chi connectivity index (χ4v) is 2.87. The van der Waals surface area contributed by atoms with Gasteiger partial charge >= 0.3 is 5.97 Å². The van der Waals surface area contributed by atoms with Crippen LogP contribution in [0.25, 0.3) is 0 Å². The van der Waals surface area contributed by atoms with E-state index in [1.165, 1.54) is 0 Å². The first kappa shape index (κ1) is 13.0. The van der Waals surface area contributed by atoms with E-state index in [2.05, 4.69) is 5.32 Å². The van der Waals surface area contributed by atoms with Crippen molar-refractivity contribution in [3.05, 3.63) is 24.3 Å². The number of nitrogens with one attached hydrogen (secondary N) is 1. The molecular formula is C13H15NO3S. The number of benzene rings is 1. The largest absolute Gasteiger partial charge is 0.466 e. The Bertz CT molecular complexity index is 461. The zero-order valence-electron chi connectivity index (χ0n) is 10.1. The van der Waals surface area contributed by atoms with Crippen molar-refractivity contribution in [1.82, 2.24) is 0 Å². The van der Waals surface area contributed by atoms with E-state index < -0.39 is 0 Å². The molecule has 5 heteroatoms. The quantitative estimate of drug-likeness (QED) is 0.852. The van der Waals surface area contributed by atoms with Crippen LogP contribution in [0.5, 0.6) is 0 Å². The minimum Gasteiger partial charge on any atom is -0.466 e. The van der Waals surface area contributed by atoms with Crippen LogP contribution in [0.15, 0.2) is 29.2 Å². The molecule has 0 spiro atoms. The number of amides is 1. The van der Waals surface area contributed by atoms with Gasteiger partial charge in [-0.15, -0.1) is 11.8 Å².